The fraction of sp³-hybridized carbons (Fsp3) is 0.111. The van der Waals surface area contributed by atoms with Crippen LogP contribution in [0, 0.1) is 5.82 Å². The average molecular weight is 167 g/mol. The third-order valence-electron chi connectivity index (χ3n) is 1.42. The van der Waals surface area contributed by atoms with Crippen molar-refractivity contribution in [3.05, 3.63) is 42.2 Å². The summed E-state index contributed by atoms with van der Waals surface area (Å²) in [6, 6.07) is 6.00. The SMILES string of the molecule is C=C(NOC)c1ccc(F)cc1. The molecule has 1 rings (SSSR count). The molecule has 0 heterocycles. The number of hydroxylamine groups is 1. The van der Waals surface area contributed by atoms with E-state index in [1.165, 1.54) is 19.2 Å². The number of hydrogen-bond acceptors (Lipinski definition) is 2. The molecule has 0 atom stereocenters. The summed E-state index contributed by atoms with van der Waals surface area (Å²) in [5.41, 5.74) is 3.98. The maximum Gasteiger partial charge on any atom is 0.123 e. The van der Waals surface area contributed by atoms with E-state index in [0.717, 1.165) is 5.56 Å². The lowest BCUT2D eigenvalue weighted by Crippen LogP contribution is -2.08. The number of rotatable bonds is 3. The highest BCUT2D eigenvalue weighted by molar-refractivity contribution is 5.60. The molecule has 0 spiro atoms. The van der Waals surface area contributed by atoms with E-state index in [1.54, 1.807) is 12.1 Å². The van der Waals surface area contributed by atoms with Gasteiger partial charge in [-0.3, -0.25) is 10.3 Å². The molecular formula is C9H10FNO. The summed E-state index contributed by atoms with van der Waals surface area (Å²) in [5.74, 6) is -0.260. The molecule has 0 aliphatic carbocycles. The molecule has 2 nitrogen and oxygen atoms in total. The van der Waals surface area contributed by atoms with Gasteiger partial charge in [-0.1, -0.05) is 6.58 Å². The van der Waals surface area contributed by atoms with Crippen molar-refractivity contribution < 1.29 is 9.23 Å². The molecule has 64 valence electrons. The zero-order valence-corrected chi connectivity index (χ0v) is 6.80. The number of nitrogens with one attached hydrogen (secondary N) is 1. The Bertz CT molecular complexity index is 268. The minimum absolute atomic E-state index is 0.260. The number of benzene rings is 1. The maximum atomic E-state index is 12.5. The summed E-state index contributed by atoms with van der Waals surface area (Å²) in [5, 5.41) is 0. The van der Waals surface area contributed by atoms with Crippen molar-refractivity contribution in [3.8, 4) is 0 Å². The van der Waals surface area contributed by atoms with Crippen molar-refractivity contribution in [2.75, 3.05) is 7.11 Å². The van der Waals surface area contributed by atoms with Gasteiger partial charge in [-0.2, -0.15) is 0 Å². The maximum absolute atomic E-state index is 12.5. The van der Waals surface area contributed by atoms with Gasteiger partial charge in [0.05, 0.1) is 12.8 Å². The first-order valence-corrected chi connectivity index (χ1v) is 3.48. The minimum Gasteiger partial charge on any atom is -0.279 e. The third-order valence-corrected chi connectivity index (χ3v) is 1.42. The molecule has 0 aliphatic heterocycles. The standard InChI is InChI=1S/C9H10FNO/c1-7(11-12-2)8-3-5-9(10)6-4-8/h3-6,11H,1H2,2H3. The Morgan fingerprint density at radius 3 is 2.50 bits per heavy atom. The first-order valence-electron chi connectivity index (χ1n) is 3.48. The quantitative estimate of drug-likeness (QED) is 0.695. The van der Waals surface area contributed by atoms with Gasteiger partial charge in [0, 0.05) is 0 Å². The molecule has 0 amide bonds. The molecule has 0 radical (unpaired) electrons. The second kappa shape index (κ2) is 3.88. The van der Waals surface area contributed by atoms with Gasteiger partial charge in [0.15, 0.2) is 0 Å². The van der Waals surface area contributed by atoms with E-state index in [0.29, 0.717) is 5.70 Å². The molecule has 0 aromatic heterocycles. The molecule has 0 saturated carbocycles. The van der Waals surface area contributed by atoms with Crippen LogP contribution < -0.4 is 5.48 Å². The van der Waals surface area contributed by atoms with Crippen molar-refractivity contribution in [1.82, 2.24) is 5.48 Å². The molecule has 3 heteroatoms. The molecule has 1 N–H and O–H groups in total. The lowest BCUT2D eigenvalue weighted by Gasteiger charge is -2.05. The average Bonchev–Trinajstić information content (AvgIpc) is 2.06. The molecule has 0 unspecified atom stereocenters. The molecule has 0 saturated heterocycles. The highest BCUT2D eigenvalue weighted by atomic mass is 19.1. The second-order valence-electron chi connectivity index (χ2n) is 2.29. The topological polar surface area (TPSA) is 21.3 Å². The normalized spacial score (nSPS) is 9.50. The molecule has 0 aliphatic rings. The number of halogens is 1. The fourth-order valence-electron chi connectivity index (χ4n) is 0.833. The van der Waals surface area contributed by atoms with Crippen LogP contribution in [0.25, 0.3) is 5.70 Å². The molecule has 0 fully saturated rings. The Balaban J connectivity index is 2.75. The summed E-state index contributed by atoms with van der Waals surface area (Å²) >= 11 is 0. The predicted molar refractivity (Wildman–Crippen MR) is 45.6 cm³/mol. The van der Waals surface area contributed by atoms with Gasteiger partial charge in [-0.15, -0.1) is 0 Å². The fourth-order valence-corrected chi connectivity index (χ4v) is 0.833. The van der Waals surface area contributed by atoms with E-state index < -0.39 is 0 Å². The van der Waals surface area contributed by atoms with Crippen LogP contribution in [0.3, 0.4) is 0 Å². The molecule has 0 bridgehead atoms. The second-order valence-corrected chi connectivity index (χ2v) is 2.29. The highest BCUT2D eigenvalue weighted by Crippen LogP contribution is 2.09. The van der Waals surface area contributed by atoms with Crippen LogP contribution in [-0.2, 0) is 4.84 Å². The van der Waals surface area contributed by atoms with E-state index in [2.05, 4.69) is 16.9 Å². The predicted octanol–water partition coefficient (Wildman–Crippen LogP) is 1.95. The molecule has 1 aromatic carbocycles. The van der Waals surface area contributed by atoms with E-state index >= 15 is 0 Å². The minimum atomic E-state index is -0.260. The summed E-state index contributed by atoms with van der Waals surface area (Å²) in [6.07, 6.45) is 0. The summed E-state index contributed by atoms with van der Waals surface area (Å²) in [7, 11) is 1.49. The van der Waals surface area contributed by atoms with Crippen molar-refractivity contribution in [3.63, 3.8) is 0 Å². The molecule has 12 heavy (non-hydrogen) atoms. The zero-order valence-electron chi connectivity index (χ0n) is 6.80. The first-order chi connectivity index (χ1) is 5.74. The van der Waals surface area contributed by atoms with Gasteiger partial charge in [-0.25, -0.2) is 4.39 Å². The third kappa shape index (κ3) is 2.07. The van der Waals surface area contributed by atoms with Crippen LogP contribution >= 0.6 is 0 Å². The van der Waals surface area contributed by atoms with Crippen molar-refractivity contribution in [2.45, 2.75) is 0 Å². The van der Waals surface area contributed by atoms with Crippen LogP contribution in [0.15, 0.2) is 30.8 Å². The van der Waals surface area contributed by atoms with Crippen molar-refractivity contribution in [2.24, 2.45) is 0 Å². The van der Waals surface area contributed by atoms with E-state index in [9.17, 15) is 4.39 Å². The zero-order chi connectivity index (χ0) is 8.97. The Labute approximate surface area is 70.6 Å². The van der Waals surface area contributed by atoms with Gasteiger partial charge in [0.25, 0.3) is 0 Å². The largest absolute Gasteiger partial charge is 0.279 e. The Kier molecular flexibility index (Phi) is 2.82. The van der Waals surface area contributed by atoms with Crippen LogP contribution in [0.2, 0.25) is 0 Å². The Morgan fingerprint density at radius 2 is 2.00 bits per heavy atom. The van der Waals surface area contributed by atoms with Crippen molar-refractivity contribution in [1.29, 1.82) is 0 Å². The molecular weight excluding hydrogens is 157 g/mol. The highest BCUT2D eigenvalue weighted by Gasteiger charge is 1.96. The van der Waals surface area contributed by atoms with Gasteiger partial charge in [0.2, 0.25) is 0 Å². The Morgan fingerprint density at radius 1 is 1.42 bits per heavy atom. The Hall–Kier alpha value is -1.35. The summed E-state index contributed by atoms with van der Waals surface area (Å²) in [6.45, 7) is 3.69. The van der Waals surface area contributed by atoms with E-state index in [1.807, 2.05) is 0 Å². The van der Waals surface area contributed by atoms with E-state index in [-0.39, 0.29) is 5.82 Å². The van der Waals surface area contributed by atoms with Crippen LogP contribution in [0.4, 0.5) is 4.39 Å². The van der Waals surface area contributed by atoms with Gasteiger partial charge < -0.3 is 0 Å². The summed E-state index contributed by atoms with van der Waals surface area (Å²) in [4.78, 5) is 4.64. The smallest absolute Gasteiger partial charge is 0.123 e. The van der Waals surface area contributed by atoms with E-state index in [4.69, 9.17) is 0 Å². The van der Waals surface area contributed by atoms with Crippen LogP contribution in [0.5, 0.6) is 0 Å². The van der Waals surface area contributed by atoms with Crippen LogP contribution in [-0.4, -0.2) is 7.11 Å². The molecule has 1 aromatic rings. The monoisotopic (exact) mass is 167 g/mol. The van der Waals surface area contributed by atoms with Gasteiger partial charge >= 0.3 is 0 Å². The van der Waals surface area contributed by atoms with Gasteiger partial charge in [-0.05, 0) is 29.8 Å². The summed E-state index contributed by atoms with van der Waals surface area (Å²) < 4.78 is 12.5. The number of hydrogen-bond donors (Lipinski definition) is 1. The lowest BCUT2D eigenvalue weighted by atomic mass is 10.2. The van der Waals surface area contributed by atoms with Crippen LogP contribution in [0.1, 0.15) is 5.56 Å². The lowest BCUT2D eigenvalue weighted by molar-refractivity contribution is 0.137. The van der Waals surface area contributed by atoms with Crippen molar-refractivity contribution >= 4 is 5.70 Å². The first kappa shape index (κ1) is 8.74. The van der Waals surface area contributed by atoms with Gasteiger partial charge in [0.1, 0.15) is 5.82 Å².